The number of rotatable bonds is 10. The van der Waals surface area contributed by atoms with E-state index in [1.807, 2.05) is 19.9 Å². The fraction of sp³-hybridized carbons (Fsp3) is 0.556. The molecule has 1 aliphatic rings. The van der Waals surface area contributed by atoms with Crippen LogP contribution in [0.1, 0.15) is 67.3 Å². The Kier molecular flexibility index (Phi) is 10.4. The number of nitrogens with zero attached hydrogens (tertiary/aromatic N) is 6. The smallest absolute Gasteiger partial charge is 0.368 e. The van der Waals surface area contributed by atoms with Crippen LogP contribution in [0.15, 0.2) is 45.9 Å². The Hall–Kier alpha value is -3.38. The molecule has 0 atom stereocenters. The Morgan fingerprint density at radius 3 is 2.10 bits per heavy atom. The van der Waals surface area contributed by atoms with Crippen molar-refractivity contribution in [3.63, 3.8) is 0 Å². The number of nitrogens with two attached hydrogens (primary N) is 1. The van der Waals surface area contributed by atoms with Crippen molar-refractivity contribution in [3.05, 3.63) is 58.3 Å². The number of halogens is 6. The topological polar surface area (TPSA) is 82.5 Å². The SMILES string of the molecule is CCc1cnc(N(CC)CC2CCCC2)c(CN(Cc2cc(C(F)(F)F)cc(C(F)(F)F)c2)/C(N)=N/N=NC)c1. The van der Waals surface area contributed by atoms with Crippen molar-refractivity contribution in [2.75, 3.05) is 25.0 Å². The van der Waals surface area contributed by atoms with E-state index in [0.29, 0.717) is 36.8 Å². The summed E-state index contributed by atoms with van der Waals surface area (Å²) in [5.74, 6) is 1.02. The van der Waals surface area contributed by atoms with Gasteiger partial charge in [0.1, 0.15) is 5.82 Å². The number of anilines is 1. The molecule has 0 unspecified atom stereocenters. The molecule has 0 spiro atoms. The van der Waals surface area contributed by atoms with Crippen LogP contribution >= 0.6 is 0 Å². The minimum atomic E-state index is -4.97. The molecule has 0 aliphatic heterocycles. The molecule has 0 saturated heterocycles. The highest BCUT2D eigenvalue weighted by molar-refractivity contribution is 5.78. The van der Waals surface area contributed by atoms with Crippen molar-refractivity contribution in [1.29, 1.82) is 0 Å². The average molecular weight is 572 g/mol. The van der Waals surface area contributed by atoms with Gasteiger partial charge in [-0.25, -0.2) is 4.98 Å². The second-order valence-electron chi connectivity index (χ2n) is 9.89. The Bertz CT molecular complexity index is 1150. The zero-order chi connectivity index (χ0) is 29.5. The Morgan fingerprint density at radius 2 is 1.57 bits per heavy atom. The number of aryl methyl sites for hydroxylation is 1. The van der Waals surface area contributed by atoms with Gasteiger partial charge in [0.15, 0.2) is 0 Å². The minimum absolute atomic E-state index is 0.0313. The maximum Gasteiger partial charge on any atom is 0.416 e. The molecular formula is C27H35F6N7. The standard InChI is InChI=1S/C27H35F6N7/c1-4-18-10-21(24(36-14-18)39(5-2)15-19-8-6-7-9-19)17-40(25(34)37-38-35-3)16-20-11-22(26(28,29)30)13-23(12-20)27(31,32)33/h10-14,19H,4-9,15-17H2,1-3H3,(H2,34,35,37). The summed E-state index contributed by atoms with van der Waals surface area (Å²) < 4.78 is 81.0. The van der Waals surface area contributed by atoms with E-state index in [4.69, 9.17) is 10.7 Å². The van der Waals surface area contributed by atoms with Crippen LogP contribution < -0.4 is 10.6 Å². The van der Waals surface area contributed by atoms with Gasteiger partial charge < -0.3 is 15.5 Å². The van der Waals surface area contributed by atoms with Gasteiger partial charge in [0.2, 0.25) is 5.96 Å². The quantitative estimate of drug-likeness (QED) is 0.109. The summed E-state index contributed by atoms with van der Waals surface area (Å²) in [7, 11) is 1.36. The van der Waals surface area contributed by atoms with Crippen molar-refractivity contribution in [3.8, 4) is 0 Å². The van der Waals surface area contributed by atoms with Gasteiger partial charge in [0.25, 0.3) is 0 Å². The van der Waals surface area contributed by atoms with Gasteiger partial charge in [-0.05, 0) is 72.7 Å². The van der Waals surface area contributed by atoms with Gasteiger partial charge in [-0.2, -0.15) is 31.5 Å². The lowest BCUT2D eigenvalue weighted by molar-refractivity contribution is -0.143. The summed E-state index contributed by atoms with van der Waals surface area (Å²) in [4.78, 5) is 8.26. The first-order valence-electron chi connectivity index (χ1n) is 13.2. The summed E-state index contributed by atoms with van der Waals surface area (Å²) in [6, 6.07) is 3.42. The van der Waals surface area contributed by atoms with E-state index in [0.717, 1.165) is 30.5 Å². The number of hydrogen-bond acceptors (Lipinski definition) is 4. The summed E-state index contributed by atoms with van der Waals surface area (Å²) in [5.41, 5.74) is 4.79. The average Bonchev–Trinajstić information content (AvgIpc) is 3.42. The van der Waals surface area contributed by atoms with Crippen LogP contribution in [0.4, 0.5) is 32.2 Å². The zero-order valence-corrected chi connectivity index (χ0v) is 22.9. The fourth-order valence-electron chi connectivity index (χ4n) is 4.93. The first-order valence-corrected chi connectivity index (χ1v) is 13.2. The molecular weight excluding hydrogens is 536 g/mol. The van der Waals surface area contributed by atoms with E-state index in [2.05, 4.69) is 20.3 Å². The molecule has 2 aromatic rings. The van der Waals surface area contributed by atoms with Gasteiger partial charge in [-0.15, -0.1) is 0 Å². The molecule has 1 fully saturated rings. The lowest BCUT2D eigenvalue weighted by atomic mass is 10.0. The van der Waals surface area contributed by atoms with Crippen LogP contribution in [0.3, 0.4) is 0 Å². The van der Waals surface area contributed by atoms with Gasteiger partial charge in [0, 0.05) is 37.9 Å². The number of alkyl halides is 6. The number of guanidine groups is 1. The number of benzene rings is 1. The van der Waals surface area contributed by atoms with Crippen molar-refractivity contribution < 1.29 is 26.3 Å². The molecule has 1 aliphatic carbocycles. The minimum Gasteiger partial charge on any atom is -0.368 e. The van der Waals surface area contributed by atoms with Gasteiger partial charge in [0.05, 0.1) is 18.2 Å². The van der Waals surface area contributed by atoms with Crippen LogP contribution in [0.2, 0.25) is 0 Å². The maximum absolute atomic E-state index is 13.5. The van der Waals surface area contributed by atoms with Crippen LogP contribution in [0, 0.1) is 5.92 Å². The van der Waals surface area contributed by atoms with Gasteiger partial charge in [-0.3, -0.25) is 0 Å². The number of aromatic nitrogens is 1. The normalized spacial score (nSPS) is 15.3. The van der Waals surface area contributed by atoms with E-state index < -0.39 is 23.5 Å². The highest BCUT2D eigenvalue weighted by Gasteiger charge is 2.37. The molecule has 1 aromatic heterocycles. The second-order valence-corrected chi connectivity index (χ2v) is 9.89. The predicted octanol–water partition coefficient (Wildman–Crippen LogP) is 7.01. The van der Waals surface area contributed by atoms with E-state index in [1.54, 1.807) is 6.20 Å². The zero-order valence-electron chi connectivity index (χ0n) is 22.9. The van der Waals surface area contributed by atoms with Crippen molar-refractivity contribution in [1.82, 2.24) is 9.88 Å². The summed E-state index contributed by atoms with van der Waals surface area (Å²) >= 11 is 0. The van der Waals surface area contributed by atoms with E-state index >= 15 is 0 Å². The van der Waals surface area contributed by atoms with E-state index in [-0.39, 0.29) is 30.7 Å². The lowest BCUT2D eigenvalue weighted by Gasteiger charge is -2.30. The summed E-state index contributed by atoms with van der Waals surface area (Å²) in [6.07, 6.45) is -2.84. The molecule has 1 heterocycles. The third-order valence-corrected chi connectivity index (χ3v) is 6.99. The molecule has 0 bridgehead atoms. The monoisotopic (exact) mass is 571 g/mol. The van der Waals surface area contributed by atoms with Crippen molar-refractivity contribution in [2.24, 2.45) is 27.1 Å². The Labute approximate surface area is 230 Å². The first-order chi connectivity index (χ1) is 18.8. The number of pyridine rings is 1. The maximum atomic E-state index is 13.5. The van der Waals surface area contributed by atoms with Crippen LogP contribution in [0.5, 0.6) is 0 Å². The second kappa shape index (κ2) is 13.3. The molecule has 7 nitrogen and oxygen atoms in total. The fourth-order valence-corrected chi connectivity index (χ4v) is 4.93. The molecule has 220 valence electrons. The molecule has 40 heavy (non-hydrogen) atoms. The third-order valence-electron chi connectivity index (χ3n) is 6.99. The van der Waals surface area contributed by atoms with E-state index in [1.165, 1.54) is 24.8 Å². The van der Waals surface area contributed by atoms with Gasteiger partial charge in [-0.1, -0.05) is 24.9 Å². The lowest BCUT2D eigenvalue weighted by Crippen LogP contribution is -2.37. The predicted molar refractivity (Wildman–Crippen MR) is 142 cm³/mol. The number of hydrogen-bond donors (Lipinski definition) is 1. The van der Waals surface area contributed by atoms with Crippen molar-refractivity contribution >= 4 is 11.8 Å². The molecule has 2 N–H and O–H groups in total. The van der Waals surface area contributed by atoms with Crippen LogP contribution in [0.25, 0.3) is 0 Å². The molecule has 0 radical (unpaired) electrons. The van der Waals surface area contributed by atoms with Crippen molar-refractivity contribution in [2.45, 2.75) is 71.4 Å². The summed E-state index contributed by atoms with van der Waals surface area (Å²) in [6.45, 7) is 5.11. The molecule has 0 amide bonds. The molecule has 13 heteroatoms. The first kappa shape index (κ1) is 31.2. The molecule has 1 aromatic carbocycles. The third kappa shape index (κ3) is 8.31. The van der Waals surface area contributed by atoms with E-state index in [9.17, 15) is 26.3 Å². The van der Waals surface area contributed by atoms with Crippen LogP contribution in [-0.4, -0.2) is 36.0 Å². The van der Waals surface area contributed by atoms with Crippen LogP contribution in [-0.2, 0) is 31.9 Å². The Morgan fingerprint density at radius 1 is 0.950 bits per heavy atom. The molecule has 1 saturated carbocycles. The Balaban J connectivity index is 2.05. The van der Waals surface area contributed by atoms with Gasteiger partial charge >= 0.3 is 12.4 Å². The highest BCUT2D eigenvalue weighted by Crippen LogP contribution is 2.37. The molecule has 3 rings (SSSR count). The highest BCUT2D eigenvalue weighted by atomic mass is 19.4. The largest absolute Gasteiger partial charge is 0.416 e. The summed E-state index contributed by atoms with van der Waals surface area (Å²) in [5, 5.41) is 10.8.